The first kappa shape index (κ1) is 18.4. The molecule has 0 saturated heterocycles. The summed E-state index contributed by atoms with van der Waals surface area (Å²) in [5.41, 5.74) is 2.60. The Kier molecular flexibility index (Phi) is 5.54. The minimum absolute atomic E-state index is 0.458. The Morgan fingerprint density at radius 2 is 1.23 bits per heavy atom. The van der Waals surface area contributed by atoms with E-state index in [1.54, 1.807) is 28.4 Å². The second kappa shape index (κ2) is 7.85. The highest BCUT2D eigenvalue weighted by Gasteiger charge is 2.17. The van der Waals surface area contributed by atoms with Gasteiger partial charge in [-0.25, -0.2) is 4.98 Å². The lowest BCUT2D eigenvalue weighted by molar-refractivity contribution is 0.355. The number of ether oxygens (including phenoxy) is 4. The second-order valence-corrected chi connectivity index (χ2v) is 6.87. The maximum Gasteiger partial charge on any atom is 0.184 e. The van der Waals surface area contributed by atoms with Crippen LogP contribution in [0.15, 0.2) is 36.4 Å². The van der Waals surface area contributed by atoms with Crippen LogP contribution in [0, 0.1) is 0 Å². The van der Waals surface area contributed by atoms with Gasteiger partial charge in [0, 0.05) is 5.56 Å². The van der Waals surface area contributed by atoms with Crippen LogP contribution in [-0.2, 0) is 0 Å². The summed E-state index contributed by atoms with van der Waals surface area (Å²) in [5, 5.41) is 0. The molecule has 0 aliphatic heterocycles. The van der Waals surface area contributed by atoms with Crippen molar-refractivity contribution >= 4 is 22.9 Å². The molecule has 26 heavy (non-hydrogen) atoms. The summed E-state index contributed by atoms with van der Waals surface area (Å²) >= 11 is 7.63. The van der Waals surface area contributed by atoms with Crippen LogP contribution in [0.2, 0.25) is 4.47 Å². The molecule has 7 heteroatoms. The van der Waals surface area contributed by atoms with Crippen LogP contribution in [0.25, 0.3) is 21.7 Å². The van der Waals surface area contributed by atoms with Gasteiger partial charge in [0.1, 0.15) is 0 Å². The van der Waals surface area contributed by atoms with E-state index in [-0.39, 0.29) is 0 Å². The molecule has 2 aromatic carbocycles. The highest BCUT2D eigenvalue weighted by atomic mass is 35.5. The smallest absolute Gasteiger partial charge is 0.184 e. The summed E-state index contributed by atoms with van der Waals surface area (Å²) in [5.74, 6) is 2.60. The maximum absolute atomic E-state index is 6.23. The van der Waals surface area contributed by atoms with Gasteiger partial charge in [0.25, 0.3) is 0 Å². The highest BCUT2D eigenvalue weighted by Crippen LogP contribution is 2.43. The van der Waals surface area contributed by atoms with Crippen molar-refractivity contribution in [3.8, 4) is 44.7 Å². The Bertz CT molecular complexity index is 853. The predicted molar refractivity (Wildman–Crippen MR) is 104 cm³/mol. The van der Waals surface area contributed by atoms with E-state index in [9.17, 15) is 0 Å². The molecule has 0 saturated carbocycles. The number of methoxy groups -OCH3 is 4. The molecule has 1 heterocycles. The lowest BCUT2D eigenvalue weighted by Gasteiger charge is -2.11. The normalized spacial score (nSPS) is 10.5. The van der Waals surface area contributed by atoms with Gasteiger partial charge in [-0.1, -0.05) is 11.6 Å². The van der Waals surface area contributed by atoms with Crippen molar-refractivity contribution in [3.05, 3.63) is 40.9 Å². The van der Waals surface area contributed by atoms with E-state index in [0.717, 1.165) is 21.7 Å². The topological polar surface area (TPSA) is 49.8 Å². The van der Waals surface area contributed by atoms with Gasteiger partial charge in [0.2, 0.25) is 0 Å². The molecule has 0 atom stereocenters. The van der Waals surface area contributed by atoms with Crippen molar-refractivity contribution in [2.45, 2.75) is 0 Å². The number of thiazole rings is 1. The third-order valence-electron chi connectivity index (χ3n) is 3.90. The summed E-state index contributed by atoms with van der Waals surface area (Å²) in [7, 11) is 6.42. The van der Waals surface area contributed by atoms with Crippen molar-refractivity contribution in [2.24, 2.45) is 0 Å². The van der Waals surface area contributed by atoms with Gasteiger partial charge in [0.05, 0.1) is 39.0 Å². The Balaban J connectivity index is 2.12. The van der Waals surface area contributed by atoms with Gasteiger partial charge in [-0.3, -0.25) is 0 Å². The summed E-state index contributed by atoms with van der Waals surface area (Å²) in [6.07, 6.45) is 0. The quantitative estimate of drug-likeness (QED) is 0.580. The SMILES string of the molecule is COc1ccc(-c2nc(Cl)sc2-c2ccc(OC)c(OC)c2)cc1OC. The average Bonchev–Trinajstić information content (AvgIpc) is 3.08. The molecule has 0 aliphatic carbocycles. The number of rotatable bonds is 6. The molecular weight excluding hydrogens is 374 g/mol. The van der Waals surface area contributed by atoms with E-state index >= 15 is 0 Å². The minimum atomic E-state index is 0.458. The number of hydrogen-bond donors (Lipinski definition) is 0. The van der Waals surface area contributed by atoms with Crippen LogP contribution in [0.1, 0.15) is 0 Å². The van der Waals surface area contributed by atoms with Crippen LogP contribution < -0.4 is 18.9 Å². The van der Waals surface area contributed by atoms with Gasteiger partial charge < -0.3 is 18.9 Å². The fraction of sp³-hybridized carbons (Fsp3) is 0.211. The third kappa shape index (κ3) is 3.43. The molecular formula is C19H18ClNO4S. The first-order valence-electron chi connectivity index (χ1n) is 7.72. The van der Waals surface area contributed by atoms with Gasteiger partial charge >= 0.3 is 0 Å². The van der Waals surface area contributed by atoms with Crippen LogP contribution in [0.5, 0.6) is 23.0 Å². The Morgan fingerprint density at radius 1 is 0.731 bits per heavy atom. The monoisotopic (exact) mass is 391 g/mol. The lowest BCUT2D eigenvalue weighted by Crippen LogP contribution is -1.92. The Hall–Kier alpha value is -2.44. The van der Waals surface area contributed by atoms with Gasteiger partial charge in [-0.2, -0.15) is 0 Å². The number of benzene rings is 2. The lowest BCUT2D eigenvalue weighted by atomic mass is 10.1. The maximum atomic E-state index is 6.23. The van der Waals surface area contributed by atoms with E-state index in [1.165, 1.54) is 11.3 Å². The first-order chi connectivity index (χ1) is 12.6. The van der Waals surface area contributed by atoms with E-state index in [0.29, 0.717) is 27.5 Å². The standard InChI is InChI=1S/C19H18ClNO4S/c1-22-13-7-5-11(9-15(13)24-3)17-18(26-19(20)21-17)12-6-8-14(23-2)16(10-12)25-4/h5-10H,1-4H3. The minimum Gasteiger partial charge on any atom is -0.493 e. The second-order valence-electron chi connectivity index (χ2n) is 5.28. The third-order valence-corrected chi connectivity index (χ3v) is 5.11. The fourth-order valence-electron chi connectivity index (χ4n) is 2.65. The highest BCUT2D eigenvalue weighted by molar-refractivity contribution is 7.19. The van der Waals surface area contributed by atoms with Gasteiger partial charge in [0.15, 0.2) is 27.5 Å². The van der Waals surface area contributed by atoms with Crippen LogP contribution >= 0.6 is 22.9 Å². The van der Waals surface area contributed by atoms with Crippen molar-refractivity contribution in [1.29, 1.82) is 0 Å². The van der Waals surface area contributed by atoms with E-state index in [4.69, 9.17) is 30.5 Å². The van der Waals surface area contributed by atoms with Crippen LogP contribution in [0.3, 0.4) is 0 Å². The zero-order valence-electron chi connectivity index (χ0n) is 14.8. The van der Waals surface area contributed by atoms with Gasteiger partial charge in [-0.15, -0.1) is 11.3 Å². The predicted octanol–water partition coefficient (Wildman–Crippen LogP) is 5.16. The molecule has 0 bridgehead atoms. The molecule has 3 aromatic rings. The van der Waals surface area contributed by atoms with Gasteiger partial charge in [-0.05, 0) is 42.0 Å². The largest absolute Gasteiger partial charge is 0.493 e. The molecule has 0 fully saturated rings. The summed E-state index contributed by atoms with van der Waals surface area (Å²) in [4.78, 5) is 5.44. The Labute approximate surface area is 161 Å². The first-order valence-corrected chi connectivity index (χ1v) is 8.91. The number of aromatic nitrogens is 1. The molecule has 0 spiro atoms. The van der Waals surface area contributed by atoms with E-state index < -0.39 is 0 Å². The van der Waals surface area contributed by atoms with Crippen molar-refractivity contribution in [2.75, 3.05) is 28.4 Å². The van der Waals surface area contributed by atoms with Crippen molar-refractivity contribution in [1.82, 2.24) is 4.98 Å². The zero-order valence-corrected chi connectivity index (χ0v) is 16.4. The molecule has 0 N–H and O–H groups in total. The Morgan fingerprint density at radius 3 is 1.77 bits per heavy atom. The summed E-state index contributed by atoms with van der Waals surface area (Å²) in [6.45, 7) is 0. The number of halogens is 1. The van der Waals surface area contributed by atoms with Crippen LogP contribution in [-0.4, -0.2) is 33.4 Å². The molecule has 5 nitrogen and oxygen atoms in total. The molecule has 0 amide bonds. The average molecular weight is 392 g/mol. The fourth-order valence-corrected chi connectivity index (χ4v) is 3.77. The van der Waals surface area contributed by atoms with Crippen LogP contribution in [0.4, 0.5) is 0 Å². The molecule has 0 radical (unpaired) electrons. The molecule has 136 valence electrons. The van der Waals surface area contributed by atoms with Crippen molar-refractivity contribution < 1.29 is 18.9 Å². The van der Waals surface area contributed by atoms with E-state index in [2.05, 4.69) is 4.98 Å². The number of hydrogen-bond acceptors (Lipinski definition) is 6. The molecule has 3 rings (SSSR count). The van der Waals surface area contributed by atoms with E-state index in [1.807, 2.05) is 36.4 Å². The van der Waals surface area contributed by atoms with Crippen molar-refractivity contribution in [3.63, 3.8) is 0 Å². The number of nitrogens with zero attached hydrogens (tertiary/aromatic N) is 1. The zero-order chi connectivity index (χ0) is 18.7. The summed E-state index contributed by atoms with van der Waals surface area (Å²) in [6, 6.07) is 11.4. The molecule has 0 aliphatic rings. The molecule has 1 aromatic heterocycles. The molecule has 0 unspecified atom stereocenters. The summed E-state index contributed by atoms with van der Waals surface area (Å²) < 4.78 is 21.9.